The van der Waals surface area contributed by atoms with E-state index in [-0.39, 0.29) is 6.61 Å². The molecule has 0 unspecified atom stereocenters. The largest absolute Gasteiger partial charge is 0.490 e. The molecule has 0 aliphatic carbocycles. The van der Waals surface area contributed by atoms with Crippen molar-refractivity contribution in [3.8, 4) is 17.2 Å². The number of benzene rings is 2. The zero-order chi connectivity index (χ0) is 21.9. The SMILES string of the molecule is CCCCOc1cc2ccc(Cl)cc2c(OC(=O)COCC(C)C)c1OCCCC. The van der Waals surface area contributed by atoms with Gasteiger partial charge in [0.1, 0.15) is 6.61 Å². The van der Waals surface area contributed by atoms with Gasteiger partial charge in [-0.1, -0.05) is 58.2 Å². The number of hydrogen-bond acceptors (Lipinski definition) is 5. The van der Waals surface area contributed by atoms with Gasteiger partial charge in [0.25, 0.3) is 0 Å². The molecule has 0 heterocycles. The highest BCUT2D eigenvalue weighted by molar-refractivity contribution is 6.31. The van der Waals surface area contributed by atoms with Crippen LogP contribution in [0.4, 0.5) is 0 Å². The molecule has 2 rings (SSSR count). The van der Waals surface area contributed by atoms with E-state index in [1.165, 1.54) is 0 Å². The van der Waals surface area contributed by atoms with Gasteiger partial charge in [0, 0.05) is 17.0 Å². The molecule has 0 amide bonds. The molecule has 0 saturated carbocycles. The molecular weight excluding hydrogens is 404 g/mol. The summed E-state index contributed by atoms with van der Waals surface area (Å²) in [4.78, 5) is 12.5. The summed E-state index contributed by atoms with van der Waals surface area (Å²) in [6, 6.07) is 7.37. The molecular formula is C24H33ClO5. The van der Waals surface area contributed by atoms with Crippen molar-refractivity contribution in [3.05, 3.63) is 29.3 Å². The Morgan fingerprint density at radius 1 is 1.00 bits per heavy atom. The van der Waals surface area contributed by atoms with Gasteiger partial charge in [-0.15, -0.1) is 0 Å². The molecule has 2 aromatic rings. The number of rotatable bonds is 13. The maximum Gasteiger partial charge on any atom is 0.337 e. The molecule has 0 N–H and O–H groups in total. The fourth-order valence-corrected chi connectivity index (χ4v) is 2.98. The van der Waals surface area contributed by atoms with Crippen molar-refractivity contribution in [1.29, 1.82) is 0 Å². The van der Waals surface area contributed by atoms with Crippen molar-refractivity contribution < 1.29 is 23.7 Å². The molecule has 0 aliphatic rings. The lowest BCUT2D eigenvalue weighted by atomic mass is 10.1. The summed E-state index contributed by atoms with van der Waals surface area (Å²) in [5, 5.41) is 2.11. The van der Waals surface area contributed by atoms with Crippen LogP contribution in [-0.4, -0.2) is 32.4 Å². The van der Waals surface area contributed by atoms with Gasteiger partial charge in [-0.25, -0.2) is 4.79 Å². The lowest BCUT2D eigenvalue weighted by Gasteiger charge is -2.19. The second kappa shape index (κ2) is 12.7. The second-order valence-electron chi connectivity index (χ2n) is 7.69. The van der Waals surface area contributed by atoms with Crippen LogP contribution in [-0.2, 0) is 9.53 Å². The van der Waals surface area contributed by atoms with Crippen LogP contribution in [0.1, 0.15) is 53.4 Å². The zero-order valence-corrected chi connectivity index (χ0v) is 19.2. The van der Waals surface area contributed by atoms with Crippen LogP contribution >= 0.6 is 11.6 Å². The Labute approximate surface area is 184 Å². The summed E-state index contributed by atoms with van der Waals surface area (Å²) in [5.74, 6) is 1.19. The van der Waals surface area contributed by atoms with Crippen molar-refractivity contribution in [2.45, 2.75) is 53.4 Å². The van der Waals surface area contributed by atoms with Crippen LogP contribution in [0.25, 0.3) is 10.8 Å². The maximum absolute atomic E-state index is 12.5. The van der Waals surface area contributed by atoms with Crippen LogP contribution < -0.4 is 14.2 Å². The van der Waals surface area contributed by atoms with Crippen LogP contribution in [0.15, 0.2) is 24.3 Å². The molecule has 2 aromatic carbocycles. The predicted octanol–water partition coefficient (Wildman–Crippen LogP) is 6.43. The summed E-state index contributed by atoms with van der Waals surface area (Å²) < 4.78 is 23.2. The minimum absolute atomic E-state index is 0.129. The van der Waals surface area contributed by atoms with Crippen LogP contribution in [0.3, 0.4) is 0 Å². The Morgan fingerprint density at radius 3 is 2.37 bits per heavy atom. The van der Waals surface area contributed by atoms with E-state index in [9.17, 15) is 4.79 Å². The van der Waals surface area contributed by atoms with Gasteiger partial charge < -0.3 is 18.9 Å². The third-order valence-corrected chi connectivity index (χ3v) is 4.60. The summed E-state index contributed by atoms with van der Waals surface area (Å²) in [5.41, 5.74) is 0. The molecule has 0 fully saturated rings. The van der Waals surface area contributed by atoms with Gasteiger partial charge >= 0.3 is 5.97 Å². The fraction of sp³-hybridized carbons (Fsp3) is 0.542. The van der Waals surface area contributed by atoms with Crippen molar-refractivity contribution in [3.63, 3.8) is 0 Å². The van der Waals surface area contributed by atoms with Crippen LogP contribution in [0.2, 0.25) is 5.02 Å². The highest BCUT2D eigenvalue weighted by Gasteiger charge is 2.21. The van der Waals surface area contributed by atoms with Crippen LogP contribution in [0.5, 0.6) is 17.2 Å². The number of unbranched alkanes of at least 4 members (excludes halogenated alkanes) is 2. The molecule has 5 nitrogen and oxygen atoms in total. The van der Waals surface area contributed by atoms with E-state index in [1.54, 1.807) is 12.1 Å². The fourth-order valence-electron chi connectivity index (χ4n) is 2.80. The molecule has 30 heavy (non-hydrogen) atoms. The van der Waals surface area contributed by atoms with Gasteiger partial charge in [0.05, 0.1) is 13.2 Å². The first-order valence-corrected chi connectivity index (χ1v) is 11.1. The Bertz CT molecular complexity index is 819. The topological polar surface area (TPSA) is 54.0 Å². The predicted molar refractivity (Wildman–Crippen MR) is 121 cm³/mol. The first kappa shape index (κ1) is 24.3. The molecule has 0 bridgehead atoms. The van der Waals surface area contributed by atoms with Crippen molar-refractivity contribution in [2.24, 2.45) is 5.92 Å². The Balaban J connectivity index is 2.42. The summed E-state index contributed by atoms with van der Waals surface area (Å²) in [6.07, 6.45) is 3.81. The third kappa shape index (κ3) is 7.37. The van der Waals surface area contributed by atoms with E-state index in [0.29, 0.717) is 53.4 Å². The highest BCUT2D eigenvalue weighted by atomic mass is 35.5. The molecule has 0 aromatic heterocycles. The van der Waals surface area contributed by atoms with Gasteiger partial charge in [0.15, 0.2) is 11.5 Å². The van der Waals surface area contributed by atoms with E-state index in [1.807, 2.05) is 26.0 Å². The van der Waals surface area contributed by atoms with E-state index >= 15 is 0 Å². The molecule has 0 saturated heterocycles. The molecule has 6 heteroatoms. The van der Waals surface area contributed by atoms with Crippen molar-refractivity contribution >= 4 is 28.3 Å². The number of ether oxygens (including phenoxy) is 4. The molecule has 0 spiro atoms. The molecule has 166 valence electrons. The Hall–Kier alpha value is -1.98. The van der Waals surface area contributed by atoms with Crippen molar-refractivity contribution in [1.82, 2.24) is 0 Å². The third-order valence-electron chi connectivity index (χ3n) is 4.36. The number of fused-ring (bicyclic) bond motifs is 1. The summed E-state index contributed by atoms with van der Waals surface area (Å²) >= 11 is 6.23. The van der Waals surface area contributed by atoms with Gasteiger partial charge in [-0.2, -0.15) is 0 Å². The lowest BCUT2D eigenvalue weighted by Crippen LogP contribution is -2.18. The monoisotopic (exact) mass is 436 g/mol. The molecule has 0 aliphatic heterocycles. The summed E-state index contributed by atoms with van der Waals surface area (Å²) in [7, 11) is 0. The highest BCUT2D eigenvalue weighted by Crippen LogP contribution is 2.45. The number of carbonyl (C=O) groups excluding carboxylic acids is 1. The Morgan fingerprint density at radius 2 is 1.70 bits per heavy atom. The zero-order valence-electron chi connectivity index (χ0n) is 18.5. The number of carbonyl (C=O) groups is 1. The molecule has 0 atom stereocenters. The number of hydrogen-bond donors (Lipinski definition) is 0. The Kier molecular flexibility index (Phi) is 10.2. The van der Waals surface area contributed by atoms with Gasteiger partial charge in [-0.3, -0.25) is 0 Å². The second-order valence-corrected chi connectivity index (χ2v) is 8.12. The van der Waals surface area contributed by atoms with Gasteiger partial charge in [-0.05, 0) is 42.3 Å². The van der Waals surface area contributed by atoms with E-state index < -0.39 is 5.97 Å². The average molecular weight is 437 g/mol. The normalized spacial score (nSPS) is 11.1. The lowest BCUT2D eigenvalue weighted by molar-refractivity contribution is -0.139. The maximum atomic E-state index is 12.5. The smallest absolute Gasteiger partial charge is 0.337 e. The van der Waals surface area contributed by atoms with Gasteiger partial charge in [0.2, 0.25) is 5.75 Å². The number of halogens is 1. The van der Waals surface area contributed by atoms with Crippen molar-refractivity contribution in [2.75, 3.05) is 26.4 Å². The van der Waals surface area contributed by atoms with E-state index in [4.69, 9.17) is 30.5 Å². The first-order chi connectivity index (χ1) is 14.5. The van der Waals surface area contributed by atoms with Crippen LogP contribution in [0, 0.1) is 5.92 Å². The number of esters is 1. The molecule has 0 radical (unpaired) electrons. The summed E-state index contributed by atoms with van der Waals surface area (Å²) in [6.45, 7) is 9.67. The van der Waals surface area contributed by atoms with E-state index in [2.05, 4.69) is 13.8 Å². The first-order valence-electron chi connectivity index (χ1n) is 10.8. The minimum Gasteiger partial charge on any atom is -0.490 e. The quantitative estimate of drug-likeness (QED) is 0.206. The van der Waals surface area contributed by atoms with E-state index in [0.717, 1.165) is 31.1 Å². The standard InChI is InChI=1S/C24H33ClO5/c1-5-7-11-28-21-13-18-9-10-19(25)14-20(18)23(24(21)29-12-8-6-2)30-22(26)16-27-15-17(3)4/h9-10,13-14,17H,5-8,11-12,15-16H2,1-4H3. The average Bonchev–Trinajstić information content (AvgIpc) is 2.70. The minimum atomic E-state index is -0.483.